The highest BCUT2D eigenvalue weighted by molar-refractivity contribution is 5.69. The number of likely N-dealkylation sites (N-methyl/N-ethyl adjacent to an activating group) is 1. The molecule has 0 saturated carbocycles. The van der Waals surface area contributed by atoms with Gasteiger partial charge in [-0.1, -0.05) is 18.2 Å². The number of para-hydroxylation sites is 1. The van der Waals surface area contributed by atoms with Crippen LogP contribution in [0.25, 0.3) is 0 Å². The fourth-order valence-corrected chi connectivity index (χ4v) is 1.72. The molecule has 0 amide bonds. The number of nitrogens with zero attached hydrogens (tertiary/aromatic N) is 1. The van der Waals surface area contributed by atoms with Crippen LogP contribution >= 0.6 is 0 Å². The predicted octanol–water partition coefficient (Wildman–Crippen LogP) is 1.46. The van der Waals surface area contributed by atoms with Crippen molar-refractivity contribution in [2.45, 2.75) is 19.4 Å². The lowest BCUT2D eigenvalue weighted by Gasteiger charge is -2.23. The molecule has 0 heterocycles. The molecule has 1 N–H and O–H groups in total. The lowest BCUT2D eigenvalue weighted by Crippen LogP contribution is -2.38. The first-order chi connectivity index (χ1) is 8.63. The largest absolute Gasteiger partial charge is 0.469 e. The molecule has 0 fully saturated rings. The molecular formula is C14H21N2O2. The molecule has 0 aromatic heterocycles. The number of ether oxygens (including phenoxy) is 1. The molecule has 1 aromatic rings. The summed E-state index contributed by atoms with van der Waals surface area (Å²) in [4.78, 5) is 13.1. The topological polar surface area (TPSA) is 41.6 Å². The van der Waals surface area contributed by atoms with Crippen molar-refractivity contribution < 1.29 is 9.53 Å². The van der Waals surface area contributed by atoms with E-state index >= 15 is 0 Å². The van der Waals surface area contributed by atoms with Gasteiger partial charge in [-0.05, 0) is 13.0 Å². The van der Waals surface area contributed by atoms with Gasteiger partial charge in [0.25, 0.3) is 0 Å². The molecule has 4 heteroatoms. The number of rotatable bonds is 7. The average molecular weight is 249 g/mol. The second-order valence-corrected chi connectivity index (χ2v) is 4.31. The van der Waals surface area contributed by atoms with E-state index in [2.05, 4.69) is 27.9 Å². The third kappa shape index (κ3) is 5.19. The van der Waals surface area contributed by atoms with Gasteiger partial charge >= 0.3 is 5.97 Å². The zero-order valence-corrected chi connectivity index (χ0v) is 11.3. The van der Waals surface area contributed by atoms with Gasteiger partial charge in [0.05, 0.1) is 13.5 Å². The average Bonchev–Trinajstić information content (AvgIpc) is 2.39. The number of nitrogens with one attached hydrogen (secondary N) is 1. The van der Waals surface area contributed by atoms with Crippen molar-refractivity contribution in [3.8, 4) is 0 Å². The van der Waals surface area contributed by atoms with E-state index < -0.39 is 0 Å². The molecule has 1 radical (unpaired) electrons. The summed E-state index contributed by atoms with van der Waals surface area (Å²) in [6.07, 6.45) is 0.405. The molecule has 1 rings (SSSR count). The Morgan fingerprint density at radius 3 is 2.94 bits per heavy atom. The standard InChI is InChI=1S/C14H21N2O2/c1-12(15-10-9-14(17)18-3)11-16(2)13-7-5-4-6-8-13/h4-7,12,15H,9-11H2,1-3H3. The molecule has 4 nitrogen and oxygen atoms in total. The molecule has 1 unspecified atom stereocenters. The quantitative estimate of drug-likeness (QED) is 0.743. The van der Waals surface area contributed by atoms with E-state index in [-0.39, 0.29) is 5.97 Å². The third-order valence-electron chi connectivity index (χ3n) is 2.70. The first-order valence-corrected chi connectivity index (χ1v) is 6.11. The summed E-state index contributed by atoms with van der Waals surface area (Å²) in [7, 11) is 3.44. The fraction of sp³-hybridized carbons (Fsp3) is 0.500. The summed E-state index contributed by atoms with van der Waals surface area (Å²) >= 11 is 0. The Kier molecular flexibility index (Phi) is 6.22. The molecule has 99 valence electrons. The molecule has 0 aliphatic carbocycles. The number of hydrogen-bond donors (Lipinski definition) is 1. The summed E-state index contributed by atoms with van der Waals surface area (Å²) in [6, 6.07) is 11.4. The molecular weight excluding hydrogens is 228 g/mol. The first kappa shape index (κ1) is 14.5. The van der Waals surface area contributed by atoms with Gasteiger partial charge in [-0.25, -0.2) is 0 Å². The summed E-state index contributed by atoms with van der Waals surface area (Å²) in [5, 5.41) is 3.29. The molecule has 18 heavy (non-hydrogen) atoms. The molecule has 0 aliphatic rings. The number of carbonyl (C=O) groups is 1. The number of anilines is 1. The Labute approximate surface area is 109 Å². The van der Waals surface area contributed by atoms with Crippen LogP contribution < -0.4 is 10.2 Å². The molecule has 0 aliphatic heterocycles. The van der Waals surface area contributed by atoms with Gasteiger partial charge < -0.3 is 15.0 Å². The van der Waals surface area contributed by atoms with Gasteiger partial charge in [0, 0.05) is 37.9 Å². The number of carbonyl (C=O) groups excluding carboxylic acids is 1. The normalized spacial score (nSPS) is 11.9. The van der Waals surface area contributed by atoms with Crippen LogP contribution in [0.4, 0.5) is 5.69 Å². The first-order valence-electron chi connectivity index (χ1n) is 6.11. The van der Waals surface area contributed by atoms with Gasteiger partial charge in [-0.3, -0.25) is 4.79 Å². The summed E-state index contributed by atoms with van der Waals surface area (Å²) < 4.78 is 4.59. The Hall–Kier alpha value is -1.55. The lowest BCUT2D eigenvalue weighted by molar-refractivity contribution is -0.140. The maximum atomic E-state index is 11.0. The van der Waals surface area contributed by atoms with E-state index in [0.717, 1.165) is 12.2 Å². The van der Waals surface area contributed by atoms with Crippen LogP contribution in [0.5, 0.6) is 0 Å². The van der Waals surface area contributed by atoms with E-state index in [9.17, 15) is 4.79 Å². The summed E-state index contributed by atoms with van der Waals surface area (Å²) in [5.41, 5.74) is 1.07. The zero-order chi connectivity index (χ0) is 13.4. The number of methoxy groups -OCH3 is 1. The van der Waals surface area contributed by atoms with Crippen LogP contribution in [0.2, 0.25) is 0 Å². The van der Waals surface area contributed by atoms with Gasteiger partial charge in [0.1, 0.15) is 0 Å². The number of esters is 1. The highest BCUT2D eigenvalue weighted by Gasteiger charge is 2.07. The zero-order valence-electron chi connectivity index (χ0n) is 11.3. The van der Waals surface area contributed by atoms with Gasteiger partial charge in [-0.15, -0.1) is 0 Å². The van der Waals surface area contributed by atoms with E-state index in [1.165, 1.54) is 7.11 Å². The highest BCUT2D eigenvalue weighted by Crippen LogP contribution is 2.10. The predicted molar refractivity (Wildman–Crippen MR) is 72.6 cm³/mol. The van der Waals surface area contributed by atoms with Crippen molar-refractivity contribution in [1.29, 1.82) is 0 Å². The third-order valence-corrected chi connectivity index (χ3v) is 2.70. The van der Waals surface area contributed by atoms with Crippen molar-refractivity contribution in [3.05, 3.63) is 30.3 Å². The summed E-state index contributed by atoms with van der Waals surface area (Å²) in [5.74, 6) is -0.181. The smallest absolute Gasteiger partial charge is 0.306 e. The Balaban J connectivity index is 2.27. The summed E-state index contributed by atoms with van der Waals surface area (Å²) in [6.45, 7) is 3.60. The maximum Gasteiger partial charge on any atom is 0.306 e. The Morgan fingerprint density at radius 2 is 2.33 bits per heavy atom. The van der Waals surface area contributed by atoms with E-state index in [0.29, 0.717) is 19.0 Å². The molecule has 0 saturated heterocycles. The van der Waals surface area contributed by atoms with E-state index in [1.54, 1.807) is 0 Å². The minimum absolute atomic E-state index is 0.181. The minimum atomic E-state index is -0.181. The van der Waals surface area contributed by atoms with Crippen molar-refractivity contribution in [2.75, 3.05) is 32.1 Å². The van der Waals surface area contributed by atoms with Crippen LogP contribution in [-0.2, 0) is 9.53 Å². The van der Waals surface area contributed by atoms with Crippen molar-refractivity contribution in [2.24, 2.45) is 0 Å². The van der Waals surface area contributed by atoms with Gasteiger partial charge in [0.15, 0.2) is 0 Å². The Bertz CT molecular complexity index is 354. The second-order valence-electron chi connectivity index (χ2n) is 4.31. The maximum absolute atomic E-state index is 11.0. The van der Waals surface area contributed by atoms with Crippen LogP contribution in [0, 0.1) is 6.07 Å². The second kappa shape index (κ2) is 7.71. The van der Waals surface area contributed by atoms with Crippen LogP contribution in [0.1, 0.15) is 13.3 Å². The Morgan fingerprint density at radius 1 is 1.56 bits per heavy atom. The van der Waals surface area contributed by atoms with Crippen molar-refractivity contribution in [1.82, 2.24) is 5.32 Å². The van der Waals surface area contributed by atoms with Crippen LogP contribution in [0.3, 0.4) is 0 Å². The van der Waals surface area contributed by atoms with E-state index in [4.69, 9.17) is 0 Å². The van der Waals surface area contributed by atoms with Crippen molar-refractivity contribution in [3.63, 3.8) is 0 Å². The van der Waals surface area contributed by atoms with Crippen LogP contribution in [-0.4, -0.2) is 39.3 Å². The molecule has 0 spiro atoms. The molecule has 1 aromatic carbocycles. The fourth-order valence-electron chi connectivity index (χ4n) is 1.72. The van der Waals surface area contributed by atoms with Crippen molar-refractivity contribution >= 4 is 11.7 Å². The minimum Gasteiger partial charge on any atom is -0.469 e. The van der Waals surface area contributed by atoms with E-state index in [1.807, 2.05) is 31.3 Å². The number of benzene rings is 1. The van der Waals surface area contributed by atoms with Gasteiger partial charge in [0.2, 0.25) is 0 Å². The monoisotopic (exact) mass is 249 g/mol. The van der Waals surface area contributed by atoms with Crippen LogP contribution in [0.15, 0.2) is 24.3 Å². The van der Waals surface area contributed by atoms with Gasteiger partial charge in [-0.2, -0.15) is 0 Å². The SMILES string of the molecule is COC(=O)CCNC(C)CN(C)c1[c]cccc1. The molecule has 0 bridgehead atoms. The lowest BCUT2D eigenvalue weighted by atomic mass is 10.2. The highest BCUT2D eigenvalue weighted by atomic mass is 16.5. The molecule has 1 atom stereocenters. The number of hydrogen-bond acceptors (Lipinski definition) is 4.